The van der Waals surface area contributed by atoms with E-state index in [2.05, 4.69) is 4.98 Å². The predicted octanol–water partition coefficient (Wildman–Crippen LogP) is 4.45. The van der Waals surface area contributed by atoms with Crippen molar-refractivity contribution in [3.05, 3.63) is 40.4 Å². The molecule has 1 nitrogen and oxygen atoms in total. The zero-order chi connectivity index (χ0) is 12.6. The molecule has 2 aromatic rings. The largest absolute Gasteiger partial charge is 0.416 e. The summed E-state index contributed by atoms with van der Waals surface area (Å²) >= 11 is 1.49. The van der Waals surface area contributed by atoms with Gasteiger partial charge in [-0.3, -0.25) is 0 Å². The fourth-order valence-corrected chi connectivity index (χ4v) is 2.32. The van der Waals surface area contributed by atoms with Crippen LogP contribution in [0.1, 0.15) is 16.1 Å². The van der Waals surface area contributed by atoms with Crippen LogP contribution in [0.25, 0.3) is 10.6 Å². The second-order valence-corrected chi connectivity index (χ2v) is 4.94. The Kier molecular flexibility index (Phi) is 2.95. The summed E-state index contributed by atoms with van der Waals surface area (Å²) in [5.74, 6) is 0. The van der Waals surface area contributed by atoms with Gasteiger partial charge in [0.1, 0.15) is 5.01 Å². The van der Waals surface area contributed by atoms with E-state index in [0.717, 1.165) is 33.3 Å². The molecule has 17 heavy (non-hydrogen) atoms. The van der Waals surface area contributed by atoms with Gasteiger partial charge in [-0.25, -0.2) is 4.98 Å². The Morgan fingerprint density at radius 2 is 1.65 bits per heavy atom. The molecule has 0 atom stereocenters. The van der Waals surface area contributed by atoms with Crippen molar-refractivity contribution in [3.63, 3.8) is 0 Å². The Morgan fingerprint density at radius 3 is 2.06 bits per heavy atom. The van der Waals surface area contributed by atoms with E-state index >= 15 is 0 Å². The molecule has 1 heterocycles. The molecule has 90 valence electrons. The van der Waals surface area contributed by atoms with Crippen molar-refractivity contribution >= 4 is 11.3 Å². The SMILES string of the molecule is Cc1nc(-c2ccc(C(F)(F)F)cc2)sc1C. The molecule has 0 bridgehead atoms. The lowest BCUT2D eigenvalue weighted by Crippen LogP contribution is -2.03. The van der Waals surface area contributed by atoms with E-state index in [1.807, 2.05) is 13.8 Å². The van der Waals surface area contributed by atoms with Gasteiger partial charge in [-0.2, -0.15) is 13.2 Å². The number of benzene rings is 1. The fourth-order valence-electron chi connectivity index (χ4n) is 1.40. The maximum absolute atomic E-state index is 12.4. The molecule has 0 saturated heterocycles. The highest BCUT2D eigenvalue weighted by atomic mass is 32.1. The van der Waals surface area contributed by atoms with E-state index in [0.29, 0.717) is 0 Å². The predicted molar refractivity (Wildman–Crippen MR) is 62.0 cm³/mol. The Balaban J connectivity index is 2.36. The zero-order valence-corrected chi connectivity index (χ0v) is 10.1. The Morgan fingerprint density at radius 1 is 1.06 bits per heavy atom. The third kappa shape index (κ3) is 2.49. The van der Waals surface area contributed by atoms with Gasteiger partial charge in [0.05, 0.1) is 11.3 Å². The first kappa shape index (κ1) is 12.1. The zero-order valence-electron chi connectivity index (χ0n) is 9.30. The van der Waals surface area contributed by atoms with E-state index in [1.54, 1.807) is 0 Å². The van der Waals surface area contributed by atoms with E-state index in [9.17, 15) is 13.2 Å². The Hall–Kier alpha value is -1.36. The standard InChI is InChI=1S/C12H10F3NS/c1-7-8(2)17-11(16-7)9-3-5-10(6-4-9)12(13,14)15/h3-6H,1-2H3. The number of halogens is 3. The van der Waals surface area contributed by atoms with E-state index < -0.39 is 11.7 Å². The summed E-state index contributed by atoms with van der Waals surface area (Å²) in [4.78, 5) is 5.39. The second-order valence-electron chi connectivity index (χ2n) is 3.74. The molecule has 0 amide bonds. The van der Waals surface area contributed by atoms with Crippen molar-refractivity contribution in [1.82, 2.24) is 4.98 Å². The van der Waals surface area contributed by atoms with Crippen LogP contribution in [-0.2, 0) is 6.18 Å². The molecule has 1 aromatic heterocycles. The quantitative estimate of drug-likeness (QED) is 0.735. The number of aromatic nitrogens is 1. The number of alkyl halides is 3. The van der Waals surface area contributed by atoms with Crippen LogP contribution in [0.5, 0.6) is 0 Å². The third-order valence-corrected chi connectivity index (χ3v) is 3.61. The van der Waals surface area contributed by atoms with Crippen molar-refractivity contribution in [2.45, 2.75) is 20.0 Å². The van der Waals surface area contributed by atoms with Crippen molar-refractivity contribution < 1.29 is 13.2 Å². The number of nitrogens with zero attached hydrogens (tertiary/aromatic N) is 1. The molecular formula is C12H10F3NS. The summed E-state index contributed by atoms with van der Waals surface area (Å²) in [5.41, 5.74) is 1.01. The van der Waals surface area contributed by atoms with Crippen LogP contribution >= 0.6 is 11.3 Å². The van der Waals surface area contributed by atoms with Gasteiger partial charge < -0.3 is 0 Å². The molecule has 0 aliphatic rings. The van der Waals surface area contributed by atoms with Crippen LogP contribution in [0.2, 0.25) is 0 Å². The highest BCUT2D eigenvalue weighted by molar-refractivity contribution is 7.15. The van der Waals surface area contributed by atoms with Crippen LogP contribution in [0.3, 0.4) is 0 Å². The molecule has 0 N–H and O–H groups in total. The van der Waals surface area contributed by atoms with Crippen LogP contribution < -0.4 is 0 Å². The van der Waals surface area contributed by atoms with Crippen LogP contribution in [0.15, 0.2) is 24.3 Å². The second kappa shape index (κ2) is 4.14. The monoisotopic (exact) mass is 257 g/mol. The topological polar surface area (TPSA) is 12.9 Å². The maximum atomic E-state index is 12.4. The highest BCUT2D eigenvalue weighted by Crippen LogP contribution is 2.32. The lowest BCUT2D eigenvalue weighted by atomic mass is 10.1. The molecule has 0 spiro atoms. The minimum absolute atomic E-state index is 0.633. The number of hydrogen-bond acceptors (Lipinski definition) is 2. The van der Waals surface area contributed by atoms with E-state index in [4.69, 9.17) is 0 Å². The van der Waals surface area contributed by atoms with Gasteiger partial charge in [0.25, 0.3) is 0 Å². The van der Waals surface area contributed by atoms with Crippen molar-refractivity contribution in [3.8, 4) is 10.6 Å². The fraction of sp³-hybridized carbons (Fsp3) is 0.250. The summed E-state index contributed by atoms with van der Waals surface area (Å²) in [6.07, 6.45) is -4.28. The minimum Gasteiger partial charge on any atom is -0.241 e. The van der Waals surface area contributed by atoms with Crippen LogP contribution in [0.4, 0.5) is 13.2 Å². The Bertz CT molecular complexity index is 506. The van der Waals surface area contributed by atoms with Gasteiger partial charge >= 0.3 is 6.18 Å². The lowest BCUT2D eigenvalue weighted by Gasteiger charge is -2.06. The summed E-state index contributed by atoms with van der Waals surface area (Å²) in [6, 6.07) is 5.09. The van der Waals surface area contributed by atoms with E-state index in [-0.39, 0.29) is 0 Å². The van der Waals surface area contributed by atoms with E-state index in [1.165, 1.54) is 23.5 Å². The van der Waals surface area contributed by atoms with Gasteiger partial charge in [-0.05, 0) is 26.0 Å². The molecule has 0 fully saturated rings. The lowest BCUT2D eigenvalue weighted by molar-refractivity contribution is -0.137. The first-order chi connectivity index (χ1) is 7.88. The molecule has 5 heteroatoms. The first-order valence-corrected chi connectivity index (χ1v) is 5.81. The average molecular weight is 257 g/mol. The van der Waals surface area contributed by atoms with Crippen molar-refractivity contribution in [2.24, 2.45) is 0 Å². The average Bonchev–Trinajstić information content (AvgIpc) is 2.58. The number of hydrogen-bond donors (Lipinski definition) is 0. The van der Waals surface area contributed by atoms with Crippen molar-refractivity contribution in [1.29, 1.82) is 0 Å². The van der Waals surface area contributed by atoms with Gasteiger partial charge in [-0.1, -0.05) is 12.1 Å². The molecule has 0 saturated carbocycles. The maximum Gasteiger partial charge on any atom is 0.416 e. The molecule has 0 aliphatic carbocycles. The smallest absolute Gasteiger partial charge is 0.241 e. The van der Waals surface area contributed by atoms with Crippen LogP contribution in [-0.4, -0.2) is 4.98 Å². The molecule has 1 aromatic carbocycles. The summed E-state index contributed by atoms with van der Waals surface area (Å²) in [5, 5.41) is 0.758. The number of aryl methyl sites for hydroxylation is 2. The molecule has 0 unspecified atom stereocenters. The first-order valence-electron chi connectivity index (χ1n) is 4.99. The van der Waals surface area contributed by atoms with Gasteiger partial charge in [0.15, 0.2) is 0 Å². The summed E-state index contributed by atoms with van der Waals surface area (Å²) in [7, 11) is 0. The normalized spacial score (nSPS) is 11.8. The van der Waals surface area contributed by atoms with Gasteiger partial charge in [-0.15, -0.1) is 11.3 Å². The summed E-state index contributed by atoms with van der Waals surface area (Å²) in [6.45, 7) is 3.83. The van der Waals surface area contributed by atoms with Crippen molar-refractivity contribution in [2.75, 3.05) is 0 Å². The van der Waals surface area contributed by atoms with Gasteiger partial charge in [0, 0.05) is 10.4 Å². The molecule has 2 rings (SSSR count). The van der Waals surface area contributed by atoms with Gasteiger partial charge in [0.2, 0.25) is 0 Å². The highest BCUT2D eigenvalue weighted by Gasteiger charge is 2.30. The molecule has 0 radical (unpaired) electrons. The Labute approximate surface area is 101 Å². The summed E-state index contributed by atoms with van der Waals surface area (Å²) < 4.78 is 37.1. The number of thiazole rings is 1. The van der Waals surface area contributed by atoms with Crippen LogP contribution in [0, 0.1) is 13.8 Å². The third-order valence-electron chi connectivity index (χ3n) is 2.49. The molecular weight excluding hydrogens is 247 g/mol. The molecule has 0 aliphatic heterocycles. The number of rotatable bonds is 1. The minimum atomic E-state index is -4.28.